The van der Waals surface area contributed by atoms with Gasteiger partial charge in [0, 0.05) is 31.1 Å². The average molecular weight is 354 g/mol. The van der Waals surface area contributed by atoms with Crippen LogP contribution in [-0.4, -0.2) is 36.7 Å². The zero-order valence-electron chi connectivity index (χ0n) is 15.4. The molecule has 2 aromatic rings. The highest BCUT2D eigenvalue weighted by Gasteiger charge is 2.23. The van der Waals surface area contributed by atoms with Crippen molar-refractivity contribution in [2.45, 2.75) is 32.8 Å². The van der Waals surface area contributed by atoms with E-state index in [0.717, 1.165) is 37.3 Å². The lowest BCUT2D eigenvalue weighted by atomic mass is 10.2. The smallest absolute Gasteiger partial charge is 0.254 e. The molecule has 1 atom stereocenters. The van der Waals surface area contributed by atoms with Gasteiger partial charge in [0.15, 0.2) is 0 Å². The number of pyridine rings is 1. The summed E-state index contributed by atoms with van der Waals surface area (Å²) in [5.41, 5.74) is 3.08. The third kappa shape index (κ3) is 4.52. The van der Waals surface area contributed by atoms with Gasteiger partial charge in [-0.1, -0.05) is 0 Å². The molecular formula is C20H26N4O2. The highest BCUT2D eigenvalue weighted by molar-refractivity contribution is 5.93. The number of carbonyl (C=O) groups is 1. The van der Waals surface area contributed by atoms with Gasteiger partial charge in [-0.25, -0.2) is 4.98 Å². The van der Waals surface area contributed by atoms with Crippen LogP contribution < -0.4 is 15.5 Å². The highest BCUT2D eigenvalue weighted by atomic mass is 16.5. The lowest BCUT2D eigenvalue weighted by Crippen LogP contribution is -2.27. The molecule has 2 N–H and O–H groups in total. The molecule has 0 radical (unpaired) electrons. The van der Waals surface area contributed by atoms with Gasteiger partial charge in [0.05, 0.1) is 11.9 Å². The Balaban J connectivity index is 1.57. The van der Waals surface area contributed by atoms with Crippen molar-refractivity contribution in [2.75, 3.05) is 35.2 Å². The van der Waals surface area contributed by atoms with Crippen molar-refractivity contribution >= 4 is 28.8 Å². The van der Waals surface area contributed by atoms with Crippen molar-refractivity contribution in [3.63, 3.8) is 0 Å². The fourth-order valence-corrected chi connectivity index (χ4v) is 3.04. The maximum absolute atomic E-state index is 12.0. The van der Waals surface area contributed by atoms with Gasteiger partial charge in [-0.05, 0) is 63.1 Å². The molecule has 138 valence electrons. The predicted molar refractivity (Wildman–Crippen MR) is 105 cm³/mol. The maximum atomic E-state index is 12.0. The molecule has 1 fully saturated rings. The average Bonchev–Trinajstić information content (AvgIpc) is 3.21. The predicted octanol–water partition coefficient (Wildman–Crippen LogP) is 3.79. The lowest BCUT2D eigenvalue weighted by Gasteiger charge is -2.21. The van der Waals surface area contributed by atoms with E-state index in [1.807, 2.05) is 6.07 Å². The van der Waals surface area contributed by atoms with Crippen LogP contribution in [0.25, 0.3) is 0 Å². The minimum Gasteiger partial charge on any atom is -0.372 e. The number of hydrogen-bond acceptors (Lipinski definition) is 5. The molecule has 6 heteroatoms. The van der Waals surface area contributed by atoms with E-state index in [1.54, 1.807) is 12.3 Å². The normalized spacial score (nSPS) is 16.3. The standard InChI is InChI=1S/C20H26N4O2/c1-3-24(4-2)17-10-7-15(8-11-17)22-16-9-12-19(21-14-16)23-20(25)18-6-5-13-26-18/h7-12,14,18,22H,3-6,13H2,1-2H3,(H,21,23,25). The van der Waals surface area contributed by atoms with Crippen molar-refractivity contribution in [2.24, 2.45) is 0 Å². The lowest BCUT2D eigenvalue weighted by molar-refractivity contribution is -0.124. The van der Waals surface area contributed by atoms with Gasteiger partial charge in [0.1, 0.15) is 11.9 Å². The van der Waals surface area contributed by atoms with Gasteiger partial charge >= 0.3 is 0 Å². The van der Waals surface area contributed by atoms with Crippen LogP contribution >= 0.6 is 0 Å². The fourth-order valence-electron chi connectivity index (χ4n) is 3.04. The van der Waals surface area contributed by atoms with Crippen molar-refractivity contribution in [1.29, 1.82) is 0 Å². The van der Waals surface area contributed by atoms with E-state index in [2.05, 4.69) is 58.6 Å². The molecule has 0 saturated carbocycles. The molecule has 3 rings (SSSR count). The number of hydrogen-bond donors (Lipinski definition) is 2. The fraction of sp³-hybridized carbons (Fsp3) is 0.400. The highest BCUT2D eigenvalue weighted by Crippen LogP contribution is 2.21. The molecule has 1 amide bonds. The van der Waals surface area contributed by atoms with Gasteiger partial charge in [0.2, 0.25) is 0 Å². The molecule has 0 bridgehead atoms. The Morgan fingerprint density at radius 2 is 1.88 bits per heavy atom. The number of nitrogens with zero attached hydrogens (tertiary/aromatic N) is 2. The van der Waals surface area contributed by atoms with Crippen LogP contribution in [0.3, 0.4) is 0 Å². The number of anilines is 4. The molecule has 2 heterocycles. The molecule has 1 aliphatic rings. The third-order valence-electron chi connectivity index (χ3n) is 4.52. The summed E-state index contributed by atoms with van der Waals surface area (Å²) < 4.78 is 5.38. The van der Waals surface area contributed by atoms with Crippen molar-refractivity contribution in [1.82, 2.24) is 4.98 Å². The van der Waals surface area contributed by atoms with E-state index in [1.165, 1.54) is 5.69 Å². The molecule has 0 aliphatic carbocycles. The Morgan fingerprint density at radius 1 is 1.15 bits per heavy atom. The molecule has 6 nitrogen and oxygen atoms in total. The van der Waals surface area contributed by atoms with Crippen molar-refractivity contribution in [3.05, 3.63) is 42.6 Å². The summed E-state index contributed by atoms with van der Waals surface area (Å²) in [6.07, 6.45) is 3.07. The van der Waals surface area contributed by atoms with Gasteiger partial charge in [0.25, 0.3) is 5.91 Å². The van der Waals surface area contributed by atoms with E-state index < -0.39 is 0 Å². The Kier molecular flexibility index (Phi) is 6.07. The molecule has 1 aromatic carbocycles. The first kappa shape index (κ1) is 18.2. The number of ether oxygens (including phenoxy) is 1. The molecular weight excluding hydrogens is 328 g/mol. The summed E-state index contributed by atoms with van der Waals surface area (Å²) in [6, 6.07) is 12.0. The van der Waals surface area contributed by atoms with Crippen molar-refractivity contribution < 1.29 is 9.53 Å². The number of nitrogens with one attached hydrogen (secondary N) is 2. The van der Waals surface area contributed by atoms with Crippen LogP contribution in [0.15, 0.2) is 42.6 Å². The van der Waals surface area contributed by atoms with Gasteiger partial charge in [-0.2, -0.15) is 0 Å². The summed E-state index contributed by atoms with van der Waals surface area (Å²) in [5, 5.41) is 6.12. The van der Waals surface area contributed by atoms with Crippen LogP contribution in [0.5, 0.6) is 0 Å². The minimum atomic E-state index is -0.348. The molecule has 1 unspecified atom stereocenters. The van der Waals surface area contributed by atoms with Crippen LogP contribution in [0, 0.1) is 0 Å². The second-order valence-corrected chi connectivity index (χ2v) is 6.27. The van der Waals surface area contributed by atoms with Crippen LogP contribution in [0.2, 0.25) is 0 Å². The van der Waals surface area contributed by atoms with Gasteiger partial charge in [-0.3, -0.25) is 4.79 Å². The van der Waals surface area contributed by atoms with Crippen LogP contribution in [-0.2, 0) is 9.53 Å². The maximum Gasteiger partial charge on any atom is 0.254 e. The molecule has 1 aliphatic heterocycles. The Bertz CT molecular complexity index is 706. The van der Waals surface area contributed by atoms with E-state index in [0.29, 0.717) is 12.4 Å². The Hall–Kier alpha value is -2.60. The summed E-state index contributed by atoms with van der Waals surface area (Å²) >= 11 is 0. The molecule has 0 spiro atoms. The molecule has 1 aromatic heterocycles. The molecule has 26 heavy (non-hydrogen) atoms. The number of carbonyl (C=O) groups excluding carboxylic acids is 1. The van der Waals surface area contributed by atoms with E-state index in [-0.39, 0.29) is 12.0 Å². The first-order valence-corrected chi connectivity index (χ1v) is 9.20. The number of aromatic nitrogens is 1. The second kappa shape index (κ2) is 8.67. The summed E-state index contributed by atoms with van der Waals surface area (Å²) in [7, 11) is 0. The summed E-state index contributed by atoms with van der Waals surface area (Å²) in [4.78, 5) is 18.6. The number of amides is 1. The van der Waals surface area contributed by atoms with Crippen LogP contribution in [0.4, 0.5) is 22.9 Å². The van der Waals surface area contributed by atoms with E-state index in [9.17, 15) is 4.79 Å². The van der Waals surface area contributed by atoms with E-state index >= 15 is 0 Å². The zero-order valence-corrected chi connectivity index (χ0v) is 15.4. The van der Waals surface area contributed by atoms with Crippen LogP contribution in [0.1, 0.15) is 26.7 Å². The van der Waals surface area contributed by atoms with Gasteiger partial charge in [-0.15, -0.1) is 0 Å². The Labute approximate surface area is 154 Å². The van der Waals surface area contributed by atoms with E-state index in [4.69, 9.17) is 4.74 Å². The molecule has 1 saturated heterocycles. The van der Waals surface area contributed by atoms with Gasteiger partial charge < -0.3 is 20.3 Å². The third-order valence-corrected chi connectivity index (χ3v) is 4.52. The first-order valence-electron chi connectivity index (χ1n) is 9.20. The quantitative estimate of drug-likeness (QED) is 0.792. The SMILES string of the molecule is CCN(CC)c1ccc(Nc2ccc(NC(=O)C3CCCO3)nc2)cc1. The monoisotopic (exact) mass is 354 g/mol. The largest absolute Gasteiger partial charge is 0.372 e. The minimum absolute atomic E-state index is 0.122. The number of benzene rings is 1. The number of rotatable bonds is 7. The summed E-state index contributed by atoms with van der Waals surface area (Å²) in [5.74, 6) is 0.413. The Morgan fingerprint density at radius 3 is 2.46 bits per heavy atom. The first-order chi connectivity index (χ1) is 12.7. The topological polar surface area (TPSA) is 66.5 Å². The van der Waals surface area contributed by atoms with Crippen molar-refractivity contribution in [3.8, 4) is 0 Å². The second-order valence-electron chi connectivity index (χ2n) is 6.27. The summed E-state index contributed by atoms with van der Waals surface area (Å²) in [6.45, 7) is 6.95. The zero-order chi connectivity index (χ0) is 18.4.